The third kappa shape index (κ3) is 4.31. The lowest BCUT2D eigenvalue weighted by molar-refractivity contribution is 0.303. The normalized spacial score (nSPS) is 11.3. The molecule has 0 spiro atoms. The molecule has 0 aliphatic rings. The molecule has 11 heteroatoms. The van der Waals surface area contributed by atoms with E-state index in [4.69, 9.17) is 23.0 Å². The minimum Gasteiger partial charge on any atom is -0.496 e. The van der Waals surface area contributed by atoms with Gasteiger partial charge in [0.2, 0.25) is 11.8 Å². The van der Waals surface area contributed by atoms with E-state index >= 15 is 0 Å². The summed E-state index contributed by atoms with van der Waals surface area (Å²) in [5.74, 6) is 3.23. The van der Waals surface area contributed by atoms with Crippen LogP contribution in [0.5, 0.6) is 17.4 Å². The number of aryl methyl sites for hydroxylation is 1. The summed E-state index contributed by atoms with van der Waals surface area (Å²) in [6.45, 7) is 2.20. The van der Waals surface area contributed by atoms with E-state index in [1.165, 1.54) is 0 Å². The van der Waals surface area contributed by atoms with Crippen LogP contribution in [0.2, 0.25) is 0 Å². The van der Waals surface area contributed by atoms with Gasteiger partial charge in [-0.3, -0.25) is 0 Å². The van der Waals surface area contributed by atoms with Crippen molar-refractivity contribution in [2.45, 2.75) is 20.0 Å². The van der Waals surface area contributed by atoms with E-state index in [-0.39, 0.29) is 6.61 Å². The molecular weight excluding hydrogens is 476 g/mol. The maximum absolute atomic E-state index is 6.18. The van der Waals surface area contributed by atoms with Crippen molar-refractivity contribution in [2.24, 2.45) is 0 Å². The third-order valence-corrected chi connectivity index (χ3v) is 5.73. The Morgan fingerprint density at radius 1 is 0.919 bits per heavy atom. The topological polar surface area (TPSA) is 123 Å². The largest absolute Gasteiger partial charge is 0.496 e. The highest BCUT2D eigenvalue weighted by Gasteiger charge is 2.17. The number of imidazole rings is 1. The Bertz CT molecular complexity index is 1670. The zero-order chi connectivity index (χ0) is 25.4. The number of aromatic nitrogens is 6. The summed E-state index contributed by atoms with van der Waals surface area (Å²) in [4.78, 5) is 17.7. The Morgan fingerprint density at radius 3 is 2.59 bits per heavy atom. The molecule has 0 atom stereocenters. The molecule has 0 unspecified atom stereocenters. The summed E-state index contributed by atoms with van der Waals surface area (Å²) in [5, 5.41) is 5.13. The second-order valence-corrected chi connectivity index (χ2v) is 8.10. The summed E-state index contributed by atoms with van der Waals surface area (Å²) in [6.07, 6.45) is 5.63. The van der Waals surface area contributed by atoms with Gasteiger partial charge in [0.05, 0.1) is 49.6 Å². The number of benzene rings is 1. The number of rotatable bonds is 8. The van der Waals surface area contributed by atoms with E-state index in [1.54, 1.807) is 43.4 Å². The van der Waals surface area contributed by atoms with Crippen LogP contribution in [-0.4, -0.2) is 43.8 Å². The zero-order valence-electron chi connectivity index (χ0n) is 20.3. The number of pyridine rings is 1. The van der Waals surface area contributed by atoms with Gasteiger partial charge in [0, 0.05) is 18.6 Å². The van der Waals surface area contributed by atoms with Crippen LogP contribution >= 0.6 is 0 Å². The monoisotopic (exact) mass is 498 g/mol. The second kappa shape index (κ2) is 9.26. The van der Waals surface area contributed by atoms with Crippen LogP contribution in [0.3, 0.4) is 0 Å². The lowest BCUT2D eigenvalue weighted by atomic mass is 10.2. The molecule has 0 aliphatic heterocycles. The SMILES string of the molecule is CCc1nn2cc(-c3cc4c(OCc5cccc(-c6cnc(OC)cn6)n5)cc(OC)cc4o3)nc2o1. The first kappa shape index (κ1) is 22.5. The molecule has 5 aromatic heterocycles. The number of hydrogen-bond donors (Lipinski definition) is 0. The maximum Gasteiger partial charge on any atom is 0.325 e. The van der Waals surface area contributed by atoms with Crippen molar-refractivity contribution in [2.75, 3.05) is 14.2 Å². The fourth-order valence-electron chi connectivity index (χ4n) is 3.86. The van der Waals surface area contributed by atoms with E-state index in [1.807, 2.05) is 37.3 Å². The first-order valence-electron chi connectivity index (χ1n) is 11.6. The third-order valence-electron chi connectivity index (χ3n) is 5.73. The molecule has 6 rings (SSSR count). The summed E-state index contributed by atoms with van der Waals surface area (Å²) >= 11 is 0. The van der Waals surface area contributed by atoms with E-state index in [0.717, 1.165) is 11.1 Å². The number of methoxy groups -OCH3 is 2. The number of hydrogen-bond acceptors (Lipinski definition) is 10. The van der Waals surface area contributed by atoms with Crippen molar-refractivity contribution in [1.82, 2.24) is 29.5 Å². The Kier molecular flexibility index (Phi) is 5.64. The highest BCUT2D eigenvalue weighted by Crippen LogP contribution is 2.37. The Labute approximate surface area is 210 Å². The lowest BCUT2D eigenvalue weighted by Crippen LogP contribution is -2.00. The zero-order valence-corrected chi connectivity index (χ0v) is 20.3. The summed E-state index contributed by atoms with van der Waals surface area (Å²) in [5.41, 5.74) is 3.25. The Balaban J connectivity index is 1.28. The molecule has 0 N–H and O–H groups in total. The molecule has 0 bridgehead atoms. The molecule has 0 aliphatic carbocycles. The van der Waals surface area contributed by atoms with Gasteiger partial charge >= 0.3 is 5.84 Å². The summed E-state index contributed by atoms with van der Waals surface area (Å²) in [6, 6.07) is 11.1. The molecule has 5 heterocycles. The van der Waals surface area contributed by atoms with Crippen molar-refractivity contribution in [3.8, 4) is 40.2 Å². The van der Waals surface area contributed by atoms with Gasteiger partial charge in [0.15, 0.2) is 5.76 Å². The Morgan fingerprint density at radius 2 is 1.84 bits per heavy atom. The van der Waals surface area contributed by atoms with Crippen LogP contribution in [0.4, 0.5) is 0 Å². The number of ether oxygens (including phenoxy) is 3. The fraction of sp³-hybridized carbons (Fsp3) is 0.192. The highest BCUT2D eigenvalue weighted by atomic mass is 16.5. The average molecular weight is 498 g/mol. The van der Waals surface area contributed by atoms with Crippen LogP contribution in [0.15, 0.2) is 63.8 Å². The van der Waals surface area contributed by atoms with Gasteiger partial charge in [0.1, 0.15) is 35.1 Å². The quantitative estimate of drug-likeness (QED) is 0.290. The van der Waals surface area contributed by atoms with Crippen LogP contribution in [-0.2, 0) is 13.0 Å². The van der Waals surface area contributed by atoms with Crippen molar-refractivity contribution in [3.63, 3.8) is 0 Å². The maximum atomic E-state index is 6.18. The summed E-state index contributed by atoms with van der Waals surface area (Å²) < 4.78 is 30.0. The molecule has 0 radical (unpaired) electrons. The predicted octanol–water partition coefficient (Wildman–Crippen LogP) is 4.75. The van der Waals surface area contributed by atoms with Crippen LogP contribution in [0.1, 0.15) is 18.5 Å². The first-order valence-corrected chi connectivity index (χ1v) is 11.6. The first-order chi connectivity index (χ1) is 18.1. The molecule has 186 valence electrons. The van der Waals surface area contributed by atoms with E-state index < -0.39 is 0 Å². The van der Waals surface area contributed by atoms with Crippen LogP contribution in [0, 0.1) is 0 Å². The molecule has 6 aromatic rings. The molecular formula is C26H22N6O5. The Hall–Kier alpha value is -4.93. The van der Waals surface area contributed by atoms with Gasteiger partial charge in [0.25, 0.3) is 0 Å². The fourth-order valence-corrected chi connectivity index (χ4v) is 3.86. The predicted molar refractivity (Wildman–Crippen MR) is 133 cm³/mol. The molecule has 0 amide bonds. The average Bonchev–Trinajstić information content (AvgIpc) is 3.65. The van der Waals surface area contributed by atoms with Crippen LogP contribution < -0.4 is 14.2 Å². The van der Waals surface area contributed by atoms with Gasteiger partial charge in [-0.2, -0.15) is 9.50 Å². The van der Waals surface area contributed by atoms with Gasteiger partial charge in [-0.15, -0.1) is 5.10 Å². The van der Waals surface area contributed by atoms with Crippen LogP contribution in [0.25, 0.3) is 39.7 Å². The minimum atomic E-state index is 0.224. The highest BCUT2D eigenvalue weighted by molar-refractivity contribution is 5.89. The number of fused-ring (bicyclic) bond motifs is 2. The number of furan rings is 1. The second-order valence-electron chi connectivity index (χ2n) is 8.10. The molecule has 0 fully saturated rings. The van der Waals surface area contributed by atoms with E-state index in [0.29, 0.717) is 64.0 Å². The molecule has 0 saturated heterocycles. The van der Waals surface area contributed by atoms with Gasteiger partial charge in [-0.05, 0) is 18.2 Å². The molecule has 11 nitrogen and oxygen atoms in total. The lowest BCUT2D eigenvalue weighted by Gasteiger charge is -2.09. The molecule has 0 saturated carbocycles. The van der Waals surface area contributed by atoms with E-state index in [2.05, 4.69) is 25.0 Å². The molecule has 1 aromatic carbocycles. The molecule has 37 heavy (non-hydrogen) atoms. The van der Waals surface area contributed by atoms with Gasteiger partial charge < -0.3 is 23.0 Å². The smallest absolute Gasteiger partial charge is 0.325 e. The van der Waals surface area contributed by atoms with Gasteiger partial charge in [-0.25, -0.2) is 15.0 Å². The standard InChI is InChI=1S/C26H22N6O5/c1-4-24-31-32-13-20(30-26(32)37-24)23-10-17-21(8-16(33-2)9-22(17)36-23)35-14-15-6-5-7-18(29-15)19-11-28-25(34-3)12-27-19/h5-13H,4,14H2,1-3H3. The van der Waals surface area contributed by atoms with Crippen molar-refractivity contribution in [3.05, 3.63) is 66.6 Å². The van der Waals surface area contributed by atoms with Crippen molar-refractivity contribution >= 4 is 16.8 Å². The minimum absolute atomic E-state index is 0.224. The van der Waals surface area contributed by atoms with E-state index in [9.17, 15) is 0 Å². The number of nitrogens with zero attached hydrogens (tertiary/aromatic N) is 6. The van der Waals surface area contributed by atoms with Crippen molar-refractivity contribution < 1.29 is 23.0 Å². The summed E-state index contributed by atoms with van der Waals surface area (Å²) in [7, 11) is 3.14. The van der Waals surface area contributed by atoms with Crippen molar-refractivity contribution in [1.29, 1.82) is 0 Å². The van der Waals surface area contributed by atoms with Gasteiger partial charge in [-0.1, -0.05) is 13.0 Å².